The van der Waals surface area contributed by atoms with E-state index in [1.165, 1.54) is 18.5 Å². The Balaban J connectivity index is 2.12. The lowest BCUT2D eigenvalue weighted by Crippen LogP contribution is -2.42. The number of hydrogen-bond donors (Lipinski definition) is 2. The number of carbonyl (C=O) groups excluding carboxylic acids is 1. The largest absolute Gasteiger partial charge is 0.481 e. The van der Waals surface area contributed by atoms with Crippen molar-refractivity contribution in [3.63, 3.8) is 0 Å². The van der Waals surface area contributed by atoms with Crippen LogP contribution in [0.2, 0.25) is 5.02 Å². The van der Waals surface area contributed by atoms with Crippen LogP contribution < -0.4 is 5.32 Å². The van der Waals surface area contributed by atoms with Crippen molar-refractivity contribution in [2.45, 2.75) is 38.1 Å². The molecule has 1 heterocycles. The third-order valence-electron chi connectivity index (χ3n) is 3.67. The summed E-state index contributed by atoms with van der Waals surface area (Å²) in [5.74, 6) is -1.71. The molecule has 5 nitrogen and oxygen atoms in total. The number of carboxylic acids is 1. The minimum Gasteiger partial charge on any atom is -0.481 e. The molecule has 2 unspecified atom stereocenters. The minimum absolute atomic E-state index is 0.269. The highest BCUT2D eigenvalue weighted by Gasteiger charge is 2.31. The zero-order chi connectivity index (χ0) is 14.5. The minimum atomic E-state index is -0.849. The Morgan fingerprint density at radius 1 is 1.30 bits per heavy atom. The Kier molecular flexibility index (Phi) is 4.95. The maximum Gasteiger partial charge on any atom is 0.308 e. The van der Waals surface area contributed by atoms with Gasteiger partial charge in [0, 0.05) is 18.4 Å². The number of halogens is 1. The monoisotopic (exact) mass is 296 g/mol. The third-order valence-corrected chi connectivity index (χ3v) is 3.97. The van der Waals surface area contributed by atoms with Gasteiger partial charge in [-0.2, -0.15) is 0 Å². The summed E-state index contributed by atoms with van der Waals surface area (Å²) in [5, 5.41) is 12.4. The highest BCUT2D eigenvalue weighted by molar-refractivity contribution is 6.33. The van der Waals surface area contributed by atoms with Crippen LogP contribution in [-0.4, -0.2) is 28.0 Å². The molecule has 0 saturated heterocycles. The molecular formula is C14H17ClN2O3. The van der Waals surface area contributed by atoms with Crippen molar-refractivity contribution in [2.24, 2.45) is 5.92 Å². The summed E-state index contributed by atoms with van der Waals surface area (Å²) in [6.45, 7) is 0. The molecule has 6 heteroatoms. The first kappa shape index (κ1) is 14.8. The summed E-state index contributed by atoms with van der Waals surface area (Å²) in [4.78, 5) is 27.3. The number of rotatable bonds is 3. The van der Waals surface area contributed by atoms with Crippen molar-refractivity contribution < 1.29 is 14.7 Å². The van der Waals surface area contributed by atoms with Crippen LogP contribution in [0.15, 0.2) is 18.5 Å². The second kappa shape index (κ2) is 6.70. The molecule has 1 aromatic rings. The van der Waals surface area contributed by atoms with Gasteiger partial charge in [0.1, 0.15) is 0 Å². The second-order valence-corrected chi connectivity index (χ2v) is 5.43. The molecule has 1 aromatic heterocycles. The average Bonchev–Trinajstić information content (AvgIpc) is 2.64. The molecule has 108 valence electrons. The van der Waals surface area contributed by atoms with Crippen molar-refractivity contribution in [3.8, 4) is 0 Å². The first-order chi connectivity index (χ1) is 9.59. The maximum absolute atomic E-state index is 12.2. The van der Waals surface area contributed by atoms with Gasteiger partial charge in [0.25, 0.3) is 5.91 Å². The third kappa shape index (κ3) is 3.48. The molecule has 20 heavy (non-hydrogen) atoms. The maximum atomic E-state index is 12.2. The van der Waals surface area contributed by atoms with Gasteiger partial charge >= 0.3 is 5.97 Å². The van der Waals surface area contributed by atoms with E-state index in [0.717, 1.165) is 19.3 Å². The highest BCUT2D eigenvalue weighted by atomic mass is 35.5. The number of aliphatic carboxylic acids is 1. The molecule has 0 aromatic carbocycles. The molecule has 2 rings (SSSR count). The summed E-state index contributed by atoms with van der Waals surface area (Å²) >= 11 is 5.93. The Labute approximate surface area is 122 Å². The van der Waals surface area contributed by atoms with Crippen molar-refractivity contribution in [1.82, 2.24) is 10.3 Å². The highest BCUT2D eigenvalue weighted by Crippen LogP contribution is 2.24. The van der Waals surface area contributed by atoms with E-state index in [0.29, 0.717) is 18.4 Å². The van der Waals surface area contributed by atoms with E-state index in [2.05, 4.69) is 10.3 Å². The summed E-state index contributed by atoms with van der Waals surface area (Å²) in [6.07, 6.45) is 7.00. The number of nitrogens with zero attached hydrogens (tertiary/aromatic N) is 1. The molecule has 0 aliphatic heterocycles. The van der Waals surface area contributed by atoms with Crippen molar-refractivity contribution in [3.05, 3.63) is 29.0 Å². The Morgan fingerprint density at radius 3 is 2.75 bits per heavy atom. The van der Waals surface area contributed by atoms with E-state index in [9.17, 15) is 14.7 Å². The van der Waals surface area contributed by atoms with E-state index in [4.69, 9.17) is 11.6 Å². The van der Waals surface area contributed by atoms with Gasteiger partial charge in [0.2, 0.25) is 0 Å². The second-order valence-electron chi connectivity index (χ2n) is 5.02. The van der Waals surface area contributed by atoms with Gasteiger partial charge in [-0.1, -0.05) is 30.9 Å². The van der Waals surface area contributed by atoms with Crippen LogP contribution >= 0.6 is 11.6 Å². The molecule has 1 aliphatic carbocycles. The molecular weight excluding hydrogens is 280 g/mol. The first-order valence-corrected chi connectivity index (χ1v) is 7.10. The van der Waals surface area contributed by atoms with Gasteiger partial charge in [0.05, 0.1) is 16.5 Å². The van der Waals surface area contributed by atoms with Crippen molar-refractivity contribution in [2.75, 3.05) is 0 Å². The standard InChI is InChI=1S/C14H17ClN2O3/c15-11-8-16-7-6-9(11)13(18)17-12-5-3-1-2-4-10(12)14(19)20/h6-8,10,12H,1-5H2,(H,17,18)(H,19,20). The predicted octanol–water partition coefficient (Wildman–Crippen LogP) is 2.50. The van der Waals surface area contributed by atoms with Crippen LogP contribution in [-0.2, 0) is 4.79 Å². The first-order valence-electron chi connectivity index (χ1n) is 6.73. The van der Waals surface area contributed by atoms with Crippen molar-refractivity contribution >= 4 is 23.5 Å². The quantitative estimate of drug-likeness (QED) is 0.840. The molecule has 0 radical (unpaired) electrons. The SMILES string of the molecule is O=C(NC1CCCCCC1C(=O)O)c1ccncc1Cl. The van der Waals surface area contributed by atoms with Gasteiger partial charge in [0.15, 0.2) is 0 Å². The molecule has 1 saturated carbocycles. The van der Waals surface area contributed by atoms with Crippen LogP contribution in [0.25, 0.3) is 0 Å². The smallest absolute Gasteiger partial charge is 0.308 e. The van der Waals surface area contributed by atoms with E-state index in [1.54, 1.807) is 0 Å². The molecule has 2 N–H and O–H groups in total. The van der Waals surface area contributed by atoms with E-state index < -0.39 is 11.9 Å². The van der Waals surface area contributed by atoms with Crippen molar-refractivity contribution in [1.29, 1.82) is 0 Å². The van der Waals surface area contributed by atoms with Gasteiger partial charge in [-0.3, -0.25) is 14.6 Å². The number of amides is 1. The number of carbonyl (C=O) groups is 2. The fourth-order valence-electron chi connectivity index (χ4n) is 2.58. The Bertz CT molecular complexity index is 507. The van der Waals surface area contributed by atoms with Crippen LogP contribution in [0.1, 0.15) is 42.5 Å². The van der Waals surface area contributed by atoms with E-state index >= 15 is 0 Å². The average molecular weight is 297 g/mol. The lowest BCUT2D eigenvalue weighted by molar-refractivity contribution is -0.142. The number of hydrogen-bond acceptors (Lipinski definition) is 3. The predicted molar refractivity (Wildman–Crippen MR) is 74.7 cm³/mol. The number of aromatic nitrogens is 1. The Morgan fingerprint density at radius 2 is 2.05 bits per heavy atom. The van der Waals surface area contributed by atoms with Gasteiger partial charge in [-0.15, -0.1) is 0 Å². The van der Waals surface area contributed by atoms with Gasteiger partial charge in [-0.05, 0) is 18.9 Å². The summed E-state index contributed by atoms with van der Waals surface area (Å²) in [6, 6.07) is 1.19. The van der Waals surface area contributed by atoms with E-state index in [-0.39, 0.29) is 17.0 Å². The topological polar surface area (TPSA) is 79.3 Å². The van der Waals surface area contributed by atoms with Crippen LogP contribution in [0.3, 0.4) is 0 Å². The molecule has 0 bridgehead atoms. The van der Waals surface area contributed by atoms with E-state index in [1.807, 2.05) is 0 Å². The van der Waals surface area contributed by atoms with Crippen LogP contribution in [0, 0.1) is 5.92 Å². The normalized spacial score (nSPS) is 22.9. The fourth-order valence-corrected chi connectivity index (χ4v) is 2.79. The molecule has 0 spiro atoms. The fraction of sp³-hybridized carbons (Fsp3) is 0.500. The van der Waals surface area contributed by atoms with Crippen LogP contribution in [0.4, 0.5) is 0 Å². The zero-order valence-electron chi connectivity index (χ0n) is 11.0. The summed E-state index contributed by atoms with van der Waals surface area (Å²) in [7, 11) is 0. The lowest BCUT2D eigenvalue weighted by atomic mass is 9.94. The lowest BCUT2D eigenvalue weighted by Gasteiger charge is -2.23. The van der Waals surface area contributed by atoms with Gasteiger partial charge in [-0.25, -0.2) is 0 Å². The van der Waals surface area contributed by atoms with Crippen LogP contribution in [0.5, 0.6) is 0 Å². The zero-order valence-corrected chi connectivity index (χ0v) is 11.8. The Hall–Kier alpha value is -1.62. The molecule has 1 fully saturated rings. The molecule has 1 amide bonds. The molecule has 2 atom stereocenters. The van der Waals surface area contributed by atoms with Gasteiger partial charge < -0.3 is 10.4 Å². The number of nitrogens with one attached hydrogen (secondary N) is 1. The molecule has 1 aliphatic rings. The summed E-state index contributed by atoms with van der Waals surface area (Å²) in [5.41, 5.74) is 0.329. The summed E-state index contributed by atoms with van der Waals surface area (Å²) < 4.78 is 0. The number of pyridine rings is 1. The number of carboxylic acid groups (broad SMARTS) is 1.